The van der Waals surface area contributed by atoms with Gasteiger partial charge >= 0.3 is 5.97 Å². The fourth-order valence-electron chi connectivity index (χ4n) is 2.66. The first-order chi connectivity index (χ1) is 16.0. The molecule has 0 heterocycles. The Morgan fingerprint density at radius 3 is 2.35 bits per heavy atom. The molecule has 0 spiro atoms. The van der Waals surface area contributed by atoms with Crippen LogP contribution >= 0.6 is 31.9 Å². The summed E-state index contributed by atoms with van der Waals surface area (Å²) in [5.41, 5.74) is 0.654. The first kappa shape index (κ1) is 28.1. The van der Waals surface area contributed by atoms with Crippen LogP contribution in [0.25, 0.3) is 0 Å². The summed E-state index contributed by atoms with van der Waals surface area (Å²) in [6.07, 6.45) is 0.599. The number of halogens is 2. The van der Waals surface area contributed by atoms with Crippen LogP contribution in [0.1, 0.15) is 33.3 Å². The second-order valence-electron chi connectivity index (χ2n) is 7.24. The number of sulfonamides is 1. The van der Waals surface area contributed by atoms with E-state index in [9.17, 15) is 13.2 Å². The van der Waals surface area contributed by atoms with Crippen LogP contribution in [0.15, 0.2) is 49.3 Å². The number of carbonyl (C=O) groups is 1. The molecule has 12 heteroatoms. The lowest BCUT2D eigenvalue weighted by atomic mass is 10.2. The standard InChI is InChI=1S/C22H26Br2N2O7S/c1-6-31-22(27)14(4)33-25-12-15-9-17(23)21(18(24)10-15)32-16-7-8-19(30-5)20(11-16)34(28,29)26-13(2)3/h7-14,26H,6H2,1-5H3/b25-12+. The molecule has 0 aliphatic heterocycles. The van der Waals surface area contributed by atoms with Crippen molar-refractivity contribution in [3.8, 4) is 17.2 Å². The lowest BCUT2D eigenvalue weighted by Crippen LogP contribution is -2.30. The van der Waals surface area contributed by atoms with Crippen LogP contribution in [0.4, 0.5) is 0 Å². The Bertz CT molecular complexity index is 1130. The molecule has 0 bridgehead atoms. The van der Waals surface area contributed by atoms with E-state index in [2.05, 4.69) is 41.7 Å². The molecule has 1 atom stereocenters. The molecule has 1 N–H and O–H groups in total. The zero-order valence-electron chi connectivity index (χ0n) is 19.3. The summed E-state index contributed by atoms with van der Waals surface area (Å²) in [6.45, 7) is 6.96. The van der Waals surface area contributed by atoms with Crippen LogP contribution in [0.2, 0.25) is 0 Å². The van der Waals surface area contributed by atoms with E-state index in [0.717, 1.165) is 0 Å². The van der Waals surface area contributed by atoms with Gasteiger partial charge in [-0.2, -0.15) is 0 Å². The molecule has 1 unspecified atom stereocenters. The second kappa shape index (κ2) is 12.5. The van der Waals surface area contributed by atoms with Gasteiger partial charge in [-0.25, -0.2) is 17.9 Å². The van der Waals surface area contributed by atoms with E-state index in [1.165, 1.54) is 32.4 Å². The number of nitrogens with one attached hydrogen (secondary N) is 1. The predicted molar refractivity (Wildman–Crippen MR) is 135 cm³/mol. The van der Waals surface area contributed by atoms with Gasteiger partial charge in [0.1, 0.15) is 16.4 Å². The number of hydrogen-bond donors (Lipinski definition) is 1. The van der Waals surface area contributed by atoms with Crippen molar-refractivity contribution in [2.75, 3.05) is 13.7 Å². The van der Waals surface area contributed by atoms with E-state index in [0.29, 0.717) is 26.0 Å². The summed E-state index contributed by atoms with van der Waals surface area (Å²) in [7, 11) is -2.42. The van der Waals surface area contributed by atoms with Crippen molar-refractivity contribution in [3.63, 3.8) is 0 Å². The highest BCUT2D eigenvalue weighted by Crippen LogP contribution is 2.39. The number of oxime groups is 1. The van der Waals surface area contributed by atoms with Crippen molar-refractivity contribution in [3.05, 3.63) is 44.8 Å². The number of ether oxygens (including phenoxy) is 3. The zero-order valence-corrected chi connectivity index (χ0v) is 23.3. The maximum absolute atomic E-state index is 12.7. The van der Waals surface area contributed by atoms with E-state index < -0.39 is 22.1 Å². The van der Waals surface area contributed by atoms with Gasteiger partial charge in [-0.1, -0.05) is 5.16 Å². The van der Waals surface area contributed by atoms with E-state index in [4.69, 9.17) is 19.0 Å². The molecule has 0 saturated carbocycles. The molecule has 2 aromatic rings. The number of benzene rings is 2. The lowest BCUT2D eigenvalue weighted by Gasteiger charge is -2.15. The summed E-state index contributed by atoms with van der Waals surface area (Å²) in [4.78, 5) is 16.7. The molecule has 2 aromatic carbocycles. The smallest absolute Gasteiger partial charge is 0.349 e. The molecule has 34 heavy (non-hydrogen) atoms. The van der Waals surface area contributed by atoms with Gasteiger partial charge in [0.2, 0.25) is 16.1 Å². The van der Waals surface area contributed by atoms with Crippen LogP contribution < -0.4 is 14.2 Å². The first-order valence-corrected chi connectivity index (χ1v) is 13.3. The van der Waals surface area contributed by atoms with Crippen LogP contribution in [0.3, 0.4) is 0 Å². The molecule has 186 valence electrons. The largest absolute Gasteiger partial charge is 0.495 e. The van der Waals surface area contributed by atoms with E-state index in [-0.39, 0.29) is 23.3 Å². The van der Waals surface area contributed by atoms with E-state index >= 15 is 0 Å². The highest BCUT2D eigenvalue weighted by molar-refractivity contribution is 9.11. The Morgan fingerprint density at radius 2 is 1.79 bits per heavy atom. The first-order valence-electron chi connectivity index (χ1n) is 10.2. The molecule has 0 amide bonds. The van der Waals surface area contributed by atoms with E-state index in [1.807, 2.05) is 0 Å². The topological polar surface area (TPSA) is 113 Å². The summed E-state index contributed by atoms with van der Waals surface area (Å²) >= 11 is 6.90. The number of nitrogens with zero attached hydrogens (tertiary/aromatic N) is 1. The third-order valence-corrected chi connectivity index (χ3v) is 6.95. The maximum Gasteiger partial charge on any atom is 0.349 e. The van der Waals surface area contributed by atoms with Crippen molar-refractivity contribution in [1.29, 1.82) is 0 Å². The summed E-state index contributed by atoms with van der Waals surface area (Å²) < 4.78 is 45.1. The van der Waals surface area contributed by atoms with Gasteiger partial charge in [0.15, 0.2) is 5.75 Å². The Balaban J connectivity index is 2.26. The number of esters is 1. The van der Waals surface area contributed by atoms with Crippen LogP contribution in [-0.4, -0.2) is 46.5 Å². The van der Waals surface area contributed by atoms with Crippen molar-refractivity contribution in [2.45, 2.75) is 44.7 Å². The van der Waals surface area contributed by atoms with Gasteiger partial charge in [0.25, 0.3) is 0 Å². The molecular formula is C22H26Br2N2O7S. The average molecular weight is 622 g/mol. The third kappa shape index (κ3) is 7.69. The molecule has 0 saturated heterocycles. The molecular weight excluding hydrogens is 596 g/mol. The maximum atomic E-state index is 12.7. The Labute approximate surface area is 216 Å². The van der Waals surface area contributed by atoms with Crippen molar-refractivity contribution in [1.82, 2.24) is 4.72 Å². The Kier molecular flexibility index (Phi) is 10.3. The quantitative estimate of drug-likeness (QED) is 0.213. The minimum atomic E-state index is -3.81. The molecule has 0 aliphatic carbocycles. The highest BCUT2D eigenvalue weighted by Gasteiger charge is 2.22. The highest BCUT2D eigenvalue weighted by atomic mass is 79.9. The zero-order chi connectivity index (χ0) is 25.5. The lowest BCUT2D eigenvalue weighted by molar-refractivity contribution is -0.155. The summed E-state index contributed by atoms with van der Waals surface area (Å²) in [6, 6.07) is 7.68. The minimum absolute atomic E-state index is 0.0370. The normalized spacial score (nSPS) is 12.6. The number of rotatable bonds is 11. The second-order valence-corrected chi connectivity index (χ2v) is 10.6. The fraction of sp³-hybridized carbons (Fsp3) is 0.364. The average Bonchev–Trinajstić information content (AvgIpc) is 2.75. The van der Waals surface area contributed by atoms with E-state index in [1.54, 1.807) is 39.0 Å². The molecule has 0 radical (unpaired) electrons. The fourth-order valence-corrected chi connectivity index (χ4v) is 5.48. The predicted octanol–water partition coefficient (Wildman–Crippen LogP) is 5.00. The van der Waals surface area contributed by atoms with Gasteiger partial charge in [0.05, 0.1) is 28.9 Å². The van der Waals surface area contributed by atoms with Crippen LogP contribution in [0.5, 0.6) is 17.2 Å². The third-order valence-electron chi connectivity index (χ3n) is 4.10. The monoisotopic (exact) mass is 620 g/mol. The molecule has 0 aromatic heterocycles. The van der Waals surface area contributed by atoms with Crippen molar-refractivity contribution < 1.29 is 32.3 Å². The minimum Gasteiger partial charge on any atom is -0.495 e. The SMILES string of the molecule is CCOC(=O)C(C)O/N=C/c1cc(Br)c(Oc2ccc(OC)c(S(=O)(=O)NC(C)C)c2)c(Br)c1. The summed E-state index contributed by atoms with van der Waals surface area (Å²) in [5, 5.41) is 3.83. The Hall–Kier alpha value is -2.15. The van der Waals surface area contributed by atoms with Crippen LogP contribution in [-0.2, 0) is 24.4 Å². The molecule has 2 rings (SSSR count). The number of hydrogen-bond acceptors (Lipinski definition) is 8. The number of carbonyl (C=O) groups excluding carboxylic acids is 1. The van der Waals surface area contributed by atoms with Gasteiger partial charge in [0, 0.05) is 12.1 Å². The van der Waals surface area contributed by atoms with Crippen molar-refractivity contribution >= 4 is 54.1 Å². The van der Waals surface area contributed by atoms with Crippen LogP contribution in [0, 0.1) is 0 Å². The number of methoxy groups -OCH3 is 1. The summed E-state index contributed by atoms with van der Waals surface area (Å²) in [5.74, 6) is 0.403. The van der Waals surface area contributed by atoms with Gasteiger partial charge in [-0.3, -0.25) is 0 Å². The van der Waals surface area contributed by atoms with Gasteiger partial charge in [-0.15, -0.1) is 0 Å². The Morgan fingerprint density at radius 1 is 1.15 bits per heavy atom. The molecule has 0 aliphatic rings. The van der Waals surface area contributed by atoms with Crippen molar-refractivity contribution in [2.24, 2.45) is 5.16 Å². The molecule has 9 nitrogen and oxygen atoms in total. The van der Waals surface area contributed by atoms with Gasteiger partial charge < -0.3 is 19.0 Å². The molecule has 0 fully saturated rings. The van der Waals surface area contributed by atoms with Gasteiger partial charge in [-0.05, 0) is 89.4 Å².